The first-order valence-corrected chi connectivity index (χ1v) is 6.94. The fourth-order valence-corrected chi connectivity index (χ4v) is 3.44. The molecule has 0 spiro atoms. The number of likely N-dealkylation sites (tertiary alicyclic amines) is 1. The van der Waals surface area contributed by atoms with Crippen molar-refractivity contribution < 1.29 is 24.6 Å². The zero-order chi connectivity index (χ0) is 16.0. The summed E-state index contributed by atoms with van der Waals surface area (Å²) >= 11 is 0. The Morgan fingerprint density at radius 2 is 1.59 bits per heavy atom. The zero-order valence-corrected chi connectivity index (χ0v) is 11.8. The summed E-state index contributed by atoms with van der Waals surface area (Å²) in [6.45, 7) is 0.173. The van der Waals surface area contributed by atoms with Crippen LogP contribution in [0.3, 0.4) is 0 Å². The van der Waals surface area contributed by atoms with Gasteiger partial charge in [-0.05, 0) is 18.6 Å². The molecule has 7 nitrogen and oxygen atoms in total. The number of piperidine rings is 1. The van der Waals surface area contributed by atoms with E-state index in [0.29, 0.717) is 5.69 Å². The smallest absolute Gasteiger partial charge is 0.312 e. The maximum Gasteiger partial charge on any atom is 0.312 e. The van der Waals surface area contributed by atoms with Crippen molar-refractivity contribution in [1.29, 1.82) is 0 Å². The van der Waals surface area contributed by atoms with E-state index in [1.807, 2.05) is 6.07 Å². The van der Waals surface area contributed by atoms with E-state index in [4.69, 9.17) is 0 Å². The first-order chi connectivity index (χ1) is 10.4. The lowest BCUT2D eigenvalue weighted by atomic mass is 9.97. The van der Waals surface area contributed by atoms with Gasteiger partial charge in [0.1, 0.15) is 0 Å². The number of fused-ring (bicyclic) bond motifs is 1. The van der Waals surface area contributed by atoms with Crippen molar-refractivity contribution in [1.82, 2.24) is 4.90 Å². The minimum absolute atomic E-state index is 0.0149. The third-order valence-electron chi connectivity index (χ3n) is 4.63. The topological polar surface area (TPSA) is 107 Å². The van der Waals surface area contributed by atoms with E-state index in [1.54, 1.807) is 29.2 Å². The van der Waals surface area contributed by atoms with Crippen LogP contribution in [0.4, 0.5) is 5.69 Å². The van der Waals surface area contributed by atoms with Crippen LogP contribution >= 0.6 is 0 Å². The maximum absolute atomic E-state index is 12.0. The van der Waals surface area contributed by atoms with Gasteiger partial charge >= 0.3 is 11.9 Å². The number of anilines is 1. The first kappa shape index (κ1) is 14.5. The molecular weight excluding hydrogens is 288 g/mol. The van der Waals surface area contributed by atoms with E-state index in [-0.39, 0.29) is 32.0 Å². The predicted octanol–water partition coefficient (Wildman–Crippen LogP) is 0.486. The predicted molar refractivity (Wildman–Crippen MR) is 76.3 cm³/mol. The molecule has 22 heavy (non-hydrogen) atoms. The number of carbonyl (C=O) groups is 3. The lowest BCUT2D eigenvalue weighted by Crippen LogP contribution is -2.35. The second-order valence-electron chi connectivity index (χ2n) is 6.01. The molecule has 1 saturated heterocycles. The number of aliphatic carboxylic acids is 2. The van der Waals surface area contributed by atoms with E-state index < -0.39 is 22.8 Å². The second kappa shape index (κ2) is 4.81. The monoisotopic (exact) mass is 304 g/mol. The summed E-state index contributed by atoms with van der Waals surface area (Å²) in [6, 6.07) is 8.91. The van der Waals surface area contributed by atoms with Crippen molar-refractivity contribution in [3.05, 3.63) is 30.3 Å². The number of hydrogen-bond donors (Lipinski definition) is 3. The van der Waals surface area contributed by atoms with Gasteiger partial charge in [-0.25, -0.2) is 0 Å². The summed E-state index contributed by atoms with van der Waals surface area (Å²) in [6.07, 6.45) is 0.140. The third kappa shape index (κ3) is 2.05. The van der Waals surface area contributed by atoms with Gasteiger partial charge in [-0.1, -0.05) is 18.2 Å². The van der Waals surface area contributed by atoms with Crippen LogP contribution in [0, 0.1) is 10.8 Å². The van der Waals surface area contributed by atoms with Crippen molar-refractivity contribution in [2.75, 3.05) is 25.0 Å². The number of hydrogen-bond acceptors (Lipinski definition) is 4. The fourth-order valence-electron chi connectivity index (χ4n) is 3.44. The van der Waals surface area contributed by atoms with Crippen LogP contribution in [-0.2, 0) is 14.4 Å². The Morgan fingerprint density at radius 1 is 1.05 bits per heavy atom. The molecular formula is C15H16N2O5. The standard InChI is InChI=1S/C15H16N2O5/c18-11(16-10-4-2-1-3-5-10)6-17-8-14(12(19)20)7-15(14,9-17)13(21)22/h1-5H,6-9H2,(H,16,18)(H,19,20)(H,21,22)/t14-,15+. The molecule has 1 aliphatic carbocycles. The number of carboxylic acid groups (broad SMARTS) is 2. The summed E-state index contributed by atoms with van der Waals surface area (Å²) in [4.78, 5) is 36.4. The van der Waals surface area contributed by atoms with Crippen LogP contribution < -0.4 is 5.32 Å². The highest BCUT2D eigenvalue weighted by molar-refractivity contribution is 5.95. The molecule has 2 atom stereocenters. The molecule has 7 heteroatoms. The summed E-state index contributed by atoms with van der Waals surface area (Å²) in [5, 5.41) is 21.4. The van der Waals surface area contributed by atoms with Gasteiger partial charge in [0, 0.05) is 18.8 Å². The average molecular weight is 304 g/mol. The van der Waals surface area contributed by atoms with Gasteiger partial charge in [-0.2, -0.15) is 0 Å². The van der Waals surface area contributed by atoms with Gasteiger partial charge in [0.15, 0.2) is 0 Å². The van der Waals surface area contributed by atoms with Gasteiger partial charge in [0.05, 0.1) is 17.4 Å². The molecule has 2 fully saturated rings. The number of carbonyl (C=O) groups excluding carboxylic acids is 1. The number of benzene rings is 1. The normalized spacial score (nSPS) is 29.6. The van der Waals surface area contributed by atoms with Gasteiger partial charge in [0.25, 0.3) is 0 Å². The Balaban J connectivity index is 1.65. The molecule has 1 aliphatic heterocycles. The summed E-state index contributed by atoms with van der Waals surface area (Å²) < 4.78 is 0. The highest BCUT2D eigenvalue weighted by atomic mass is 16.4. The van der Waals surface area contributed by atoms with Crippen LogP contribution in [0.5, 0.6) is 0 Å². The van der Waals surface area contributed by atoms with Gasteiger partial charge in [-0.3, -0.25) is 19.3 Å². The molecule has 0 bridgehead atoms. The molecule has 1 saturated carbocycles. The van der Waals surface area contributed by atoms with E-state index in [2.05, 4.69) is 5.32 Å². The largest absolute Gasteiger partial charge is 0.481 e. The lowest BCUT2D eigenvalue weighted by Gasteiger charge is -2.18. The average Bonchev–Trinajstić information content (AvgIpc) is 3.00. The van der Waals surface area contributed by atoms with Crippen LogP contribution in [0.1, 0.15) is 6.42 Å². The number of carboxylic acids is 2. The Bertz CT molecular complexity index is 619. The number of nitrogens with one attached hydrogen (secondary N) is 1. The molecule has 1 amide bonds. The van der Waals surface area contributed by atoms with Crippen molar-refractivity contribution in [2.24, 2.45) is 10.8 Å². The maximum atomic E-state index is 12.0. The first-order valence-electron chi connectivity index (χ1n) is 6.94. The van der Waals surface area contributed by atoms with Crippen molar-refractivity contribution in [2.45, 2.75) is 6.42 Å². The van der Waals surface area contributed by atoms with Gasteiger partial charge in [-0.15, -0.1) is 0 Å². The minimum atomic E-state index is -1.24. The molecule has 0 unspecified atom stereocenters. The zero-order valence-electron chi connectivity index (χ0n) is 11.8. The van der Waals surface area contributed by atoms with Crippen molar-refractivity contribution in [3.8, 4) is 0 Å². The van der Waals surface area contributed by atoms with Gasteiger partial charge < -0.3 is 15.5 Å². The molecule has 1 aromatic carbocycles. The molecule has 0 aromatic heterocycles. The van der Waals surface area contributed by atoms with Crippen LogP contribution in [0.2, 0.25) is 0 Å². The number of nitrogens with zero attached hydrogens (tertiary/aromatic N) is 1. The molecule has 116 valence electrons. The molecule has 3 rings (SSSR count). The summed E-state index contributed by atoms with van der Waals surface area (Å²) in [5.41, 5.74) is -1.84. The summed E-state index contributed by atoms with van der Waals surface area (Å²) in [7, 11) is 0. The minimum Gasteiger partial charge on any atom is -0.481 e. The fraction of sp³-hybridized carbons (Fsp3) is 0.400. The molecule has 3 N–H and O–H groups in total. The Kier molecular flexibility index (Phi) is 3.17. The number of amides is 1. The molecule has 1 aromatic rings. The highest BCUT2D eigenvalue weighted by Gasteiger charge is 2.80. The quantitative estimate of drug-likeness (QED) is 0.730. The summed E-state index contributed by atoms with van der Waals surface area (Å²) in [5.74, 6) is -2.48. The SMILES string of the molecule is O=C(CN1C[C@@]2(C(=O)O)C[C@@]2(C(=O)O)C1)Nc1ccccc1. The Morgan fingerprint density at radius 3 is 2.09 bits per heavy atom. The molecule has 2 aliphatic rings. The Labute approximate surface area is 126 Å². The van der Waals surface area contributed by atoms with Crippen LogP contribution in [-0.4, -0.2) is 52.6 Å². The van der Waals surface area contributed by atoms with Gasteiger partial charge in [0.2, 0.25) is 5.91 Å². The van der Waals surface area contributed by atoms with Crippen LogP contribution in [0.15, 0.2) is 30.3 Å². The van der Waals surface area contributed by atoms with Crippen molar-refractivity contribution >= 4 is 23.5 Å². The van der Waals surface area contributed by atoms with Crippen molar-refractivity contribution in [3.63, 3.8) is 0 Å². The van der Waals surface area contributed by atoms with E-state index in [1.165, 1.54) is 0 Å². The molecule has 0 radical (unpaired) electrons. The second-order valence-corrected chi connectivity index (χ2v) is 6.01. The van der Waals surface area contributed by atoms with E-state index >= 15 is 0 Å². The Hall–Kier alpha value is -2.41. The van der Waals surface area contributed by atoms with E-state index in [0.717, 1.165) is 0 Å². The number of para-hydroxylation sites is 1. The highest BCUT2D eigenvalue weighted by Crippen LogP contribution is 2.68. The van der Waals surface area contributed by atoms with E-state index in [9.17, 15) is 24.6 Å². The lowest BCUT2D eigenvalue weighted by molar-refractivity contribution is -0.151. The molecule has 1 heterocycles. The van der Waals surface area contributed by atoms with Crippen LogP contribution in [0.25, 0.3) is 0 Å². The number of rotatable bonds is 5. The third-order valence-corrected chi connectivity index (χ3v) is 4.63.